The maximum atomic E-state index is 12.2. The van der Waals surface area contributed by atoms with Gasteiger partial charge in [-0.15, -0.1) is 11.3 Å². The topological polar surface area (TPSA) is 41.6 Å². The summed E-state index contributed by atoms with van der Waals surface area (Å²) < 4.78 is 5.99. The van der Waals surface area contributed by atoms with Gasteiger partial charge in [0.05, 0.1) is 0 Å². The van der Waals surface area contributed by atoms with Crippen molar-refractivity contribution in [2.24, 2.45) is 0 Å². The number of thiophene rings is 1. The van der Waals surface area contributed by atoms with E-state index >= 15 is 0 Å². The van der Waals surface area contributed by atoms with Crippen LogP contribution in [0.2, 0.25) is 0 Å². The monoisotopic (exact) mass is 360 g/mol. The fourth-order valence-corrected chi connectivity index (χ4v) is 3.35. The van der Waals surface area contributed by atoms with Crippen molar-refractivity contribution in [2.75, 3.05) is 20.3 Å². The molecule has 0 aliphatic carbocycles. The number of rotatable bonds is 5. The van der Waals surface area contributed by atoms with Crippen molar-refractivity contribution >= 4 is 56.6 Å². The number of ether oxygens (including phenoxy) is 1. The third-order valence-electron chi connectivity index (χ3n) is 2.57. The lowest BCUT2D eigenvalue weighted by Crippen LogP contribution is -2.32. The highest BCUT2D eigenvalue weighted by Gasteiger charge is 2.30. The molecule has 0 spiro atoms. The Morgan fingerprint density at radius 2 is 2.42 bits per heavy atom. The largest absolute Gasteiger partial charge is 0.385 e. The highest BCUT2D eigenvalue weighted by atomic mass is 79.9. The van der Waals surface area contributed by atoms with E-state index in [2.05, 4.69) is 21.2 Å². The van der Waals surface area contributed by atoms with E-state index in [0.717, 1.165) is 15.8 Å². The fourth-order valence-electron chi connectivity index (χ4n) is 1.69. The summed E-state index contributed by atoms with van der Waals surface area (Å²) in [5.74, 6) is -0.0781. The summed E-state index contributed by atoms with van der Waals surface area (Å²) in [5, 5.41) is 5.39. The second kappa shape index (κ2) is 6.60. The number of nitrogens with one attached hydrogen (secondary N) is 1. The molecule has 1 amide bonds. The van der Waals surface area contributed by atoms with Crippen LogP contribution in [0.5, 0.6) is 0 Å². The van der Waals surface area contributed by atoms with Gasteiger partial charge in [0.15, 0.2) is 5.11 Å². The van der Waals surface area contributed by atoms with Crippen LogP contribution in [-0.2, 0) is 9.53 Å². The number of hydrogen-bond acceptors (Lipinski definition) is 4. The van der Waals surface area contributed by atoms with Gasteiger partial charge in [-0.3, -0.25) is 9.69 Å². The summed E-state index contributed by atoms with van der Waals surface area (Å²) in [5.41, 5.74) is 0.525. The van der Waals surface area contributed by atoms with Gasteiger partial charge in [-0.2, -0.15) is 0 Å². The molecule has 4 nitrogen and oxygen atoms in total. The van der Waals surface area contributed by atoms with Crippen LogP contribution in [0.15, 0.2) is 21.6 Å². The van der Waals surface area contributed by atoms with Crippen LogP contribution >= 0.6 is 39.5 Å². The second-order valence-electron chi connectivity index (χ2n) is 3.96. The molecule has 0 saturated carbocycles. The van der Waals surface area contributed by atoms with E-state index in [9.17, 15) is 4.79 Å². The minimum atomic E-state index is -0.0781. The van der Waals surface area contributed by atoms with E-state index in [-0.39, 0.29) is 5.91 Å². The first-order valence-electron chi connectivity index (χ1n) is 5.69. The third-order valence-corrected chi connectivity index (χ3v) is 4.53. The maximum absolute atomic E-state index is 12.2. The predicted octanol–water partition coefficient (Wildman–Crippen LogP) is 2.60. The van der Waals surface area contributed by atoms with E-state index in [1.54, 1.807) is 23.3 Å². The zero-order valence-corrected chi connectivity index (χ0v) is 13.5. The number of thiocarbonyl (C=S) groups is 1. The van der Waals surface area contributed by atoms with Crippen LogP contribution < -0.4 is 5.32 Å². The Morgan fingerprint density at radius 1 is 1.63 bits per heavy atom. The number of methoxy groups -OCH3 is 1. The van der Waals surface area contributed by atoms with Gasteiger partial charge in [-0.1, -0.05) is 0 Å². The molecule has 102 valence electrons. The minimum Gasteiger partial charge on any atom is -0.385 e. The van der Waals surface area contributed by atoms with Crippen molar-refractivity contribution in [2.45, 2.75) is 6.42 Å². The van der Waals surface area contributed by atoms with Crippen LogP contribution in [0.3, 0.4) is 0 Å². The second-order valence-corrected chi connectivity index (χ2v) is 6.20. The van der Waals surface area contributed by atoms with E-state index in [1.165, 1.54) is 0 Å². The van der Waals surface area contributed by atoms with Crippen LogP contribution in [-0.4, -0.2) is 36.2 Å². The summed E-state index contributed by atoms with van der Waals surface area (Å²) in [6.07, 6.45) is 2.59. The van der Waals surface area contributed by atoms with Gasteiger partial charge in [0, 0.05) is 35.0 Å². The lowest BCUT2D eigenvalue weighted by Gasteiger charge is -2.12. The molecule has 0 radical (unpaired) electrons. The number of carbonyl (C=O) groups is 1. The normalized spacial score (nSPS) is 17.4. The van der Waals surface area contributed by atoms with Crippen LogP contribution in [0.25, 0.3) is 6.08 Å². The lowest BCUT2D eigenvalue weighted by molar-refractivity contribution is -0.122. The van der Waals surface area contributed by atoms with Gasteiger partial charge in [0.1, 0.15) is 5.70 Å². The smallest absolute Gasteiger partial charge is 0.276 e. The Hall–Kier alpha value is -0.760. The van der Waals surface area contributed by atoms with E-state index in [1.807, 2.05) is 17.5 Å². The molecule has 7 heteroatoms. The summed E-state index contributed by atoms with van der Waals surface area (Å²) in [6.45, 7) is 1.19. The van der Waals surface area contributed by atoms with Gasteiger partial charge in [0.25, 0.3) is 5.91 Å². The molecule has 1 aromatic heterocycles. The Balaban J connectivity index is 2.07. The van der Waals surface area contributed by atoms with Crippen molar-refractivity contribution in [1.29, 1.82) is 0 Å². The molecule has 0 atom stereocenters. The van der Waals surface area contributed by atoms with Crippen LogP contribution in [0.1, 0.15) is 11.3 Å². The van der Waals surface area contributed by atoms with Gasteiger partial charge in [0.2, 0.25) is 0 Å². The summed E-state index contributed by atoms with van der Waals surface area (Å²) in [4.78, 5) is 14.8. The minimum absolute atomic E-state index is 0.0781. The SMILES string of the molecule is COCCCN1C(=O)/C(=C\c2cc(Br)cs2)NC1=S. The molecule has 1 saturated heterocycles. The standard InChI is InChI=1S/C12H13BrN2O2S2/c1-17-4-2-3-15-11(16)10(14-12(15)18)6-9-5-8(13)7-19-9/h5-7H,2-4H2,1H3,(H,14,18)/b10-6+. The fraction of sp³-hybridized carbons (Fsp3) is 0.333. The van der Waals surface area contributed by atoms with E-state index in [0.29, 0.717) is 24.0 Å². The molecule has 1 aliphatic rings. The molecular formula is C12H13BrN2O2S2. The average Bonchev–Trinajstić information content (AvgIpc) is 2.88. The predicted molar refractivity (Wildman–Crippen MR) is 83.9 cm³/mol. The molecule has 2 heterocycles. The van der Waals surface area contributed by atoms with Gasteiger partial charge in [-0.05, 0) is 46.7 Å². The quantitative estimate of drug-likeness (QED) is 0.497. The number of amides is 1. The zero-order chi connectivity index (χ0) is 13.8. The first-order chi connectivity index (χ1) is 9.11. The van der Waals surface area contributed by atoms with Crippen molar-refractivity contribution in [3.63, 3.8) is 0 Å². The highest BCUT2D eigenvalue weighted by molar-refractivity contribution is 9.10. The molecule has 1 fully saturated rings. The molecular weight excluding hydrogens is 348 g/mol. The number of nitrogens with zero attached hydrogens (tertiary/aromatic N) is 1. The maximum Gasteiger partial charge on any atom is 0.276 e. The Labute approximate surface area is 129 Å². The summed E-state index contributed by atoms with van der Waals surface area (Å²) in [7, 11) is 1.64. The van der Waals surface area contributed by atoms with Crippen molar-refractivity contribution in [1.82, 2.24) is 10.2 Å². The number of carbonyl (C=O) groups excluding carboxylic acids is 1. The summed E-state index contributed by atoms with van der Waals surface area (Å²) in [6, 6.07) is 1.96. The van der Waals surface area contributed by atoms with Crippen molar-refractivity contribution in [3.8, 4) is 0 Å². The first-order valence-corrected chi connectivity index (χ1v) is 7.77. The molecule has 1 aromatic rings. The Kier molecular flexibility index (Phi) is 5.09. The molecule has 0 bridgehead atoms. The van der Waals surface area contributed by atoms with Gasteiger partial charge >= 0.3 is 0 Å². The molecule has 0 unspecified atom stereocenters. The average molecular weight is 361 g/mol. The molecule has 1 aliphatic heterocycles. The summed E-state index contributed by atoms with van der Waals surface area (Å²) >= 11 is 10.1. The lowest BCUT2D eigenvalue weighted by atomic mass is 10.3. The molecule has 2 rings (SSSR count). The first kappa shape index (κ1) is 14.6. The molecule has 19 heavy (non-hydrogen) atoms. The van der Waals surface area contributed by atoms with Gasteiger partial charge < -0.3 is 10.1 Å². The Bertz CT molecular complexity index is 528. The number of hydrogen-bond donors (Lipinski definition) is 1. The zero-order valence-electron chi connectivity index (χ0n) is 10.3. The van der Waals surface area contributed by atoms with Gasteiger partial charge in [-0.25, -0.2) is 0 Å². The van der Waals surface area contributed by atoms with E-state index < -0.39 is 0 Å². The van der Waals surface area contributed by atoms with Crippen molar-refractivity contribution in [3.05, 3.63) is 26.5 Å². The van der Waals surface area contributed by atoms with Crippen LogP contribution in [0.4, 0.5) is 0 Å². The molecule has 1 N–H and O–H groups in total. The highest BCUT2D eigenvalue weighted by Crippen LogP contribution is 2.23. The Morgan fingerprint density at radius 3 is 3.05 bits per heavy atom. The third kappa shape index (κ3) is 3.62. The molecule has 0 aromatic carbocycles. The van der Waals surface area contributed by atoms with E-state index in [4.69, 9.17) is 17.0 Å². The van der Waals surface area contributed by atoms with Crippen LogP contribution in [0, 0.1) is 0 Å². The van der Waals surface area contributed by atoms with Crippen molar-refractivity contribution < 1.29 is 9.53 Å². The number of halogens is 1.